The van der Waals surface area contributed by atoms with E-state index >= 15 is 0 Å². The first-order valence-corrected chi connectivity index (χ1v) is 6.56. The molecule has 1 heterocycles. The van der Waals surface area contributed by atoms with Crippen LogP contribution < -0.4 is 5.32 Å². The van der Waals surface area contributed by atoms with Crippen LogP contribution in [0.4, 0.5) is 5.13 Å². The van der Waals surface area contributed by atoms with E-state index in [2.05, 4.69) is 29.0 Å². The third-order valence-corrected chi connectivity index (χ3v) is 4.15. The zero-order valence-electron chi connectivity index (χ0n) is 11.8. The average Bonchev–Trinajstić information content (AvgIpc) is 2.67. The Kier molecular flexibility index (Phi) is 4.70. The summed E-state index contributed by atoms with van der Waals surface area (Å²) in [6.07, 6.45) is 0. The number of anilines is 1. The van der Waals surface area contributed by atoms with Crippen LogP contribution in [-0.4, -0.2) is 49.1 Å². The van der Waals surface area contributed by atoms with Gasteiger partial charge in [-0.25, -0.2) is 9.78 Å². The predicted molar refractivity (Wildman–Crippen MR) is 74.4 cm³/mol. The number of esters is 1. The highest BCUT2D eigenvalue weighted by atomic mass is 32.1. The largest absolute Gasteiger partial charge is 0.465 e. The van der Waals surface area contributed by atoms with E-state index in [1.165, 1.54) is 18.4 Å². The third-order valence-electron chi connectivity index (χ3n) is 3.05. The molecule has 1 N–H and O–H groups in total. The van der Waals surface area contributed by atoms with E-state index in [0.717, 1.165) is 11.7 Å². The first-order chi connectivity index (χ1) is 8.27. The lowest BCUT2D eigenvalue weighted by Gasteiger charge is -2.32. The number of nitrogens with one attached hydrogen (secondary N) is 1. The van der Waals surface area contributed by atoms with Crippen molar-refractivity contribution in [3.8, 4) is 0 Å². The van der Waals surface area contributed by atoms with Crippen molar-refractivity contribution in [1.82, 2.24) is 9.88 Å². The maximum absolute atomic E-state index is 11.5. The molecule has 6 heteroatoms. The molecule has 0 atom stereocenters. The molecule has 0 saturated heterocycles. The quantitative estimate of drug-likeness (QED) is 0.830. The molecular formula is C12H21N3O2S. The number of carbonyl (C=O) groups excluding carboxylic acids is 1. The Labute approximate surface area is 112 Å². The fourth-order valence-corrected chi connectivity index (χ4v) is 2.08. The molecule has 0 spiro atoms. The maximum atomic E-state index is 11.5. The van der Waals surface area contributed by atoms with Crippen molar-refractivity contribution in [2.45, 2.75) is 26.3 Å². The monoisotopic (exact) mass is 271 g/mol. The van der Waals surface area contributed by atoms with Crippen molar-refractivity contribution in [2.75, 3.05) is 33.1 Å². The number of aryl methyl sites for hydroxylation is 1. The average molecular weight is 271 g/mol. The van der Waals surface area contributed by atoms with Gasteiger partial charge in [0.2, 0.25) is 0 Å². The molecule has 1 aromatic heterocycles. The molecule has 0 aromatic carbocycles. The Morgan fingerprint density at radius 1 is 1.50 bits per heavy atom. The summed E-state index contributed by atoms with van der Waals surface area (Å²) >= 11 is 1.33. The van der Waals surface area contributed by atoms with Crippen molar-refractivity contribution in [3.63, 3.8) is 0 Å². The molecule has 1 rings (SSSR count). The van der Waals surface area contributed by atoms with Gasteiger partial charge < -0.3 is 15.0 Å². The standard InChI is InChI=1S/C12H21N3O2S/c1-8-9(10(16)17-6)18-11(14-8)13-7-12(2,3)15(4)5/h7H2,1-6H3,(H,13,14). The van der Waals surface area contributed by atoms with E-state index < -0.39 is 0 Å². The summed E-state index contributed by atoms with van der Waals surface area (Å²) in [5.74, 6) is -0.329. The molecule has 0 aliphatic carbocycles. The third kappa shape index (κ3) is 3.43. The number of carbonyl (C=O) groups is 1. The number of ether oxygens (including phenoxy) is 1. The van der Waals surface area contributed by atoms with Gasteiger partial charge in [0.1, 0.15) is 4.88 Å². The molecule has 0 unspecified atom stereocenters. The van der Waals surface area contributed by atoms with Crippen molar-refractivity contribution in [2.24, 2.45) is 0 Å². The summed E-state index contributed by atoms with van der Waals surface area (Å²) in [7, 11) is 5.45. The summed E-state index contributed by atoms with van der Waals surface area (Å²) in [6, 6.07) is 0. The van der Waals surface area contributed by atoms with Crippen molar-refractivity contribution < 1.29 is 9.53 Å². The molecule has 102 valence electrons. The van der Waals surface area contributed by atoms with Gasteiger partial charge in [-0.15, -0.1) is 0 Å². The Bertz CT molecular complexity index is 427. The Morgan fingerprint density at radius 3 is 2.61 bits per heavy atom. The van der Waals surface area contributed by atoms with Gasteiger partial charge in [0.25, 0.3) is 0 Å². The fourth-order valence-electron chi connectivity index (χ4n) is 1.20. The first-order valence-electron chi connectivity index (χ1n) is 5.75. The molecule has 0 aliphatic rings. The lowest BCUT2D eigenvalue weighted by atomic mass is 10.1. The van der Waals surface area contributed by atoms with Gasteiger partial charge in [-0.05, 0) is 34.9 Å². The highest BCUT2D eigenvalue weighted by Gasteiger charge is 2.21. The number of likely N-dealkylation sites (N-methyl/N-ethyl adjacent to an activating group) is 1. The van der Waals surface area contributed by atoms with Crippen LogP contribution in [0.5, 0.6) is 0 Å². The zero-order valence-corrected chi connectivity index (χ0v) is 12.6. The predicted octanol–water partition coefficient (Wildman–Crippen LogP) is 1.99. The normalized spacial score (nSPS) is 11.7. The maximum Gasteiger partial charge on any atom is 0.350 e. The van der Waals surface area contributed by atoms with Crippen LogP contribution in [0.15, 0.2) is 0 Å². The molecule has 1 aromatic rings. The van der Waals surface area contributed by atoms with Gasteiger partial charge in [0.15, 0.2) is 5.13 Å². The van der Waals surface area contributed by atoms with Crippen molar-refractivity contribution in [3.05, 3.63) is 10.6 Å². The molecule has 0 saturated carbocycles. The number of methoxy groups -OCH3 is 1. The molecule has 0 aliphatic heterocycles. The molecule has 0 bridgehead atoms. The van der Waals surface area contributed by atoms with E-state index in [9.17, 15) is 4.79 Å². The number of hydrogen-bond acceptors (Lipinski definition) is 6. The van der Waals surface area contributed by atoms with E-state index in [1.807, 2.05) is 21.0 Å². The van der Waals surface area contributed by atoms with Gasteiger partial charge >= 0.3 is 5.97 Å². The fraction of sp³-hybridized carbons (Fsp3) is 0.667. The minimum Gasteiger partial charge on any atom is -0.465 e. The first kappa shape index (κ1) is 14.9. The highest BCUT2D eigenvalue weighted by Crippen LogP contribution is 2.24. The van der Waals surface area contributed by atoms with E-state index in [0.29, 0.717) is 10.6 Å². The summed E-state index contributed by atoms with van der Waals surface area (Å²) in [5.41, 5.74) is 0.724. The van der Waals surface area contributed by atoms with Crippen LogP contribution in [0.3, 0.4) is 0 Å². The molecular weight excluding hydrogens is 250 g/mol. The Hall–Kier alpha value is -1.14. The van der Waals surface area contributed by atoms with Crippen LogP contribution in [0.2, 0.25) is 0 Å². The van der Waals surface area contributed by atoms with Crippen LogP contribution in [0.1, 0.15) is 29.2 Å². The molecule has 18 heavy (non-hydrogen) atoms. The van der Waals surface area contributed by atoms with Gasteiger partial charge in [-0.1, -0.05) is 11.3 Å². The number of hydrogen-bond donors (Lipinski definition) is 1. The molecule has 0 amide bonds. The van der Waals surface area contributed by atoms with Crippen LogP contribution in [-0.2, 0) is 4.74 Å². The highest BCUT2D eigenvalue weighted by molar-refractivity contribution is 7.17. The smallest absolute Gasteiger partial charge is 0.350 e. The second-order valence-electron chi connectivity index (χ2n) is 4.99. The van der Waals surface area contributed by atoms with Crippen LogP contribution in [0.25, 0.3) is 0 Å². The Morgan fingerprint density at radius 2 is 2.11 bits per heavy atom. The second kappa shape index (κ2) is 5.67. The van der Waals surface area contributed by atoms with Crippen LogP contribution in [0, 0.1) is 6.92 Å². The second-order valence-corrected chi connectivity index (χ2v) is 5.98. The summed E-state index contributed by atoms with van der Waals surface area (Å²) in [6.45, 7) is 6.85. The van der Waals surface area contributed by atoms with Gasteiger partial charge in [0, 0.05) is 12.1 Å². The van der Waals surface area contributed by atoms with E-state index in [-0.39, 0.29) is 11.5 Å². The minimum absolute atomic E-state index is 0.0189. The molecule has 0 radical (unpaired) electrons. The van der Waals surface area contributed by atoms with Gasteiger partial charge in [-0.3, -0.25) is 0 Å². The minimum atomic E-state index is -0.329. The van der Waals surface area contributed by atoms with Crippen LogP contribution >= 0.6 is 11.3 Å². The van der Waals surface area contributed by atoms with Gasteiger partial charge in [0.05, 0.1) is 12.8 Å². The van der Waals surface area contributed by atoms with Gasteiger partial charge in [-0.2, -0.15) is 0 Å². The number of aromatic nitrogens is 1. The van der Waals surface area contributed by atoms with Crippen molar-refractivity contribution in [1.29, 1.82) is 0 Å². The zero-order chi connectivity index (χ0) is 13.9. The molecule has 5 nitrogen and oxygen atoms in total. The number of rotatable bonds is 5. The summed E-state index contributed by atoms with van der Waals surface area (Å²) < 4.78 is 4.71. The van der Waals surface area contributed by atoms with E-state index in [4.69, 9.17) is 4.74 Å². The number of nitrogens with zero attached hydrogens (tertiary/aromatic N) is 2. The summed E-state index contributed by atoms with van der Waals surface area (Å²) in [4.78, 5) is 18.5. The lowest BCUT2D eigenvalue weighted by molar-refractivity contribution is 0.0605. The lowest BCUT2D eigenvalue weighted by Crippen LogP contribution is -2.44. The number of thiazole rings is 1. The molecule has 0 fully saturated rings. The topological polar surface area (TPSA) is 54.5 Å². The van der Waals surface area contributed by atoms with Crippen molar-refractivity contribution >= 4 is 22.4 Å². The summed E-state index contributed by atoms with van der Waals surface area (Å²) in [5, 5.41) is 4.02. The Balaban J connectivity index is 2.73. The van der Waals surface area contributed by atoms with E-state index in [1.54, 1.807) is 0 Å². The SMILES string of the molecule is COC(=O)c1sc(NCC(C)(C)N(C)C)nc1C.